The maximum absolute atomic E-state index is 13.6. The van der Waals surface area contributed by atoms with Gasteiger partial charge in [-0.15, -0.1) is 0 Å². The Balaban J connectivity index is 1.86. The molecule has 0 aliphatic heterocycles. The zero-order valence-electron chi connectivity index (χ0n) is 21.4. The fraction of sp³-hybridized carbons (Fsp3) is 0.333. The second-order valence-electron chi connectivity index (χ2n) is 8.82. The number of aryl methyl sites for hydroxylation is 1. The molecule has 2 amide bonds. The average molecular weight is 489 g/mol. The van der Waals surface area contributed by atoms with Gasteiger partial charge in [-0.3, -0.25) is 9.59 Å². The first-order valence-corrected chi connectivity index (χ1v) is 12.4. The molecule has 36 heavy (non-hydrogen) atoms. The Morgan fingerprint density at radius 3 is 2.28 bits per heavy atom. The third-order valence-electron chi connectivity index (χ3n) is 5.96. The first kappa shape index (κ1) is 26.8. The maximum Gasteiger partial charge on any atom is 0.261 e. The summed E-state index contributed by atoms with van der Waals surface area (Å²) in [5, 5.41) is 3.04. The van der Waals surface area contributed by atoms with E-state index in [4.69, 9.17) is 9.47 Å². The van der Waals surface area contributed by atoms with Crippen molar-refractivity contribution < 1.29 is 19.1 Å². The van der Waals surface area contributed by atoms with Crippen LogP contribution < -0.4 is 14.8 Å². The quantitative estimate of drug-likeness (QED) is 0.346. The second-order valence-corrected chi connectivity index (χ2v) is 8.82. The minimum Gasteiger partial charge on any atom is -0.497 e. The average Bonchev–Trinajstić information content (AvgIpc) is 2.90. The van der Waals surface area contributed by atoms with Crippen LogP contribution >= 0.6 is 0 Å². The van der Waals surface area contributed by atoms with Crippen molar-refractivity contribution in [2.75, 3.05) is 20.3 Å². The van der Waals surface area contributed by atoms with E-state index in [1.807, 2.05) is 61.5 Å². The predicted molar refractivity (Wildman–Crippen MR) is 142 cm³/mol. The van der Waals surface area contributed by atoms with Crippen molar-refractivity contribution in [3.63, 3.8) is 0 Å². The Hall–Kier alpha value is -3.80. The number of nitrogens with one attached hydrogen (secondary N) is 1. The van der Waals surface area contributed by atoms with E-state index >= 15 is 0 Å². The van der Waals surface area contributed by atoms with Crippen LogP contribution in [0.5, 0.6) is 11.5 Å². The van der Waals surface area contributed by atoms with Crippen molar-refractivity contribution in [2.24, 2.45) is 0 Å². The summed E-state index contributed by atoms with van der Waals surface area (Å²) in [7, 11) is 1.60. The van der Waals surface area contributed by atoms with Gasteiger partial charge in [0.05, 0.1) is 7.11 Å². The Labute approximate surface area is 214 Å². The lowest BCUT2D eigenvalue weighted by Gasteiger charge is -2.31. The molecule has 0 spiro atoms. The number of carbonyl (C=O) groups excluding carboxylic acids is 2. The van der Waals surface area contributed by atoms with Gasteiger partial charge in [0.2, 0.25) is 5.91 Å². The van der Waals surface area contributed by atoms with Gasteiger partial charge in [-0.1, -0.05) is 73.5 Å². The Bertz CT molecular complexity index is 1100. The van der Waals surface area contributed by atoms with Gasteiger partial charge in [0.1, 0.15) is 17.5 Å². The SMILES string of the molecule is CCCCNC(=O)[C@H](Cc1ccccc1)N(Cc1cccc(C)c1)C(=O)COc1ccc(OC)cc1. The van der Waals surface area contributed by atoms with Crippen LogP contribution in [0.4, 0.5) is 0 Å². The number of rotatable bonds is 13. The van der Waals surface area contributed by atoms with Crippen LogP contribution in [0.15, 0.2) is 78.9 Å². The Morgan fingerprint density at radius 1 is 0.917 bits per heavy atom. The predicted octanol–water partition coefficient (Wildman–Crippen LogP) is 4.94. The lowest BCUT2D eigenvalue weighted by molar-refractivity contribution is -0.142. The third kappa shape index (κ3) is 8.15. The number of unbranched alkanes of at least 4 members (excludes halogenated alkanes) is 1. The lowest BCUT2D eigenvalue weighted by Crippen LogP contribution is -2.51. The number of hydrogen-bond donors (Lipinski definition) is 1. The summed E-state index contributed by atoms with van der Waals surface area (Å²) in [5.74, 6) is 0.865. The second kappa shape index (κ2) is 13.9. The smallest absolute Gasteiger partial charge is 0.261 e. The summed E-state index contributed by atoms with van der Waals surface area (Å²) < 4.78 is 11.0. The van der Waals surface area contributed by atoms with E-state index in [1.54, 1.807) is 36.3 Å². The molecule has 3 aromatic carbocycles. The first-order valence-electron chi connectivity index (χ1n) is 12.4. The number of nitrogens with zero attached hydrogens (tertiary/aromatic N) is 1. The number of ether oxygens (including phenoxy) is 2. The summed E-state index contributed by atoms with van der Waals surface area (Å²) in [6, 6.07) is 24.2. The molecule has 0 radical (unpaired) electrons. The molecule has 0 saturated heterocycles. The van der Waals surface area contributed by atoms with Crippen LogP contribution in [-0.2, 0) is 22.6 Å². The van der Waals surface area contributed by atoms with E-state index in [9.17, 15) is 9.59 Å². The number of benzene rings is 3. The summed E-state index contributed by atoms with van der Waals surface area (Å²) >= 11 is 0. The molecule has 1 atom stereocenters. The topological polar surface area (TPSA) is 67.9 Å². The van der Waals surface area contributed by atoms with Crippen molar-refractivity contribution in [1.29, 1.82) is 0 Å². The van der Waals surface area contributed by atoms with Crippen molar-refractivity contribution in [2.45, 2.75) is 45.7 Å². The minimum absolute atomic E-state index is 0.155. The molecule has 0 saturated carbocycles. The van der Waals surface area contributed by atoms with E-state index in [0.717, 1.165) is 29.5 Å². The van der Waals surface area contributed by atoms with Gasteiger partial charge in [-0.05, 0) is 48.7 Å². The molecular formula is C30H36N2O4. The molecule has 6 heteroatoms. The molecule has 0 aliphatic rings. The zero-order valence-corrected chi connectivity index (χ0v) is 21.4. The van der Waals surface area contributed by atoms with Gasteiger partial charge in [-0.2, -0.15) is 0 Å². The summed E-state index contributed by atoms with van der Waals surface area (Å²) in [6.07, 6.45) is 2.28. The van der Waals surface area contributed by atoms with Crippen LogP contribution in [0.3, 0.4) is 0 Å². The summed E-state index contributed by atoms with van der Waals surface area (Å²) in [4.78, 5) is 28.6. The van der Waals surface area contributed by atoms with Gasteiger partial charge in [0.15, 0.2) is 6.61 Å². The van der Waals surface area contributed by atoms with Crippen molar-refractivity contribution in [3.8, 4) is 11.5 Å². The van der Waals surface area contributed by atoms with Crippen LogP contribution in [0.1, 0.15) is 36.5 Å². The third-order valence-corrected chi connectivity index (χ3v) is 5.96. The van der Waals surface area contributed by atoms with Gasteiger partial charge in [0, 0.05) is 19.5 Å². The van der Waals surface area contributed by atoms with Crippen LogP contribution in [0.2, 0.25) is 0 Å². The normalized spacial score (nSPS) is 11.4. The highest BCUT2D eigenvalue weighted by Crippen LogP contribution is 2.19. The van der Waals surface area contributed by atoms with Gasteiger partial charge < -0.3 is 19.7 Å². The molecule has 0 aromatic heterocycles. The minimum atomic E-state index is -0.670. The highest BCUT2D eigenvalue weighted by Gasteiger charge is 2.30. The molecule has 3 rings (SSSR count). The number of carbonyl (C=O) groups is 2. The van der Waals surface area contributed by atoms with Crippen LogP contribution in [0.25, 0.3) is 0 Å². The van der Waals surface area contributed by atoms with E-state index < -0.39 is 6.04 Å². The Kier molecular flexibility index (Phi) is 10.4. The van der Waals surface area contributed by atoms with Gasteiger partial charge in [0.25, 0.3) is 5.91 Å². The zero-order chi connectivity index (χ0) is 25.8. The van der Waals surface area contributed by atoms with Crippen molar-refractivity contribution in [3.05, 3.63) is 95.6 Å². The van der Waals surface area contributed by atoms with Crippen LogP contribution in [0, 0.1) is 6.92 Å². The number of amides is 2. The first-order chi connectivity index (χ1) is 17.5. The lowest BCUT2D eigenvalue weighted by atomic mass is 10.0. The number of methoxy groups -OCH3 is 1. The van der Waals surface area contributed by atoms with Crippen molar-refractivity contribution >= 4 is 11.8 Å². The van der Waals surface area contributed by atoms with E-state index in [-0.39, 0.29) is 18.4 Å². The van der Waals surface area contributed by atoms with Gasteiger partial charge >= 0.3 is 0 Å². The fourth-order valence-electron chi connectivity index (χ4n) is 3.97. The van der Waals surface area contributed by atoms with Crippen LogP contribution in [-0.4, -0.2) is 43.0 Å². The molecule has 0 heterocycles. The van der Waals surface area contributed by atoms with E-state index in [0.29, 0.717) is 31.0 Å². The molecule has 1 N–H and O–H groups in total. The summed E-state index contributed by atoms with van der Waals surface area (Å²) in [5.41, 5.74) is 3.06. The fourth-order valence-corrected chi connectivity index (χ4v) is 3.97. The molecular weight excluding hydrogens is 452 g/mol. The molecule has 6 nitrogen and oxygen atoms in total. The number of hydrogen-bond acceptors (Lipinski definition) is 4. The molecule has 190 valence electrons. The maximum atomic E-state index is 13.6. The molecule has 0 aliphatic carbocycles. The summed E-state index contributed by atoms with van der Waals surface area (Å²) in [6.45, 7) is 4.81. The Morgan fingerprint density at radius 2 is 1.61 bits per heavy atom. The van der Waals surface area contributed by atoms with Crippen molar-refractivity contribution in [1.82, 2.24) is 10.2 Å². The highest BCUT2D eigenvalue weighted by molar-refractivity contribution is 5.88. The van der Waals surface area contributed by atoms with E-state index in [1.165, 1.54) is 0 Å². The van der Waals surface area contributed by atoms with Gasteiger partial charge in [-0.25, -0.2) is 0 Å². The molecule has 3 aromatic rings. The van der Waals surface area contributed by atoms with E-state index in [2.05, 4.69) is 12.2 Å². The molecule has 0 bridgehead atoms. The molecule has 0 unspecified atom stereocenters. The highest BCUT2D eigenvalue weighted by atomic mass is 16.5. The monoisotopic (exact) mass is 488 g/mol. The standard InChI is InChI=1S/C30H36N2O4/c1-4-5-18-31-30(34)28(20-24-11-7-6-8-12-24)32(21-25-13-9-10-23(2)19-25)29(33)22-36-27-16-14-26(35-3)15-17-27/h6-17,19,28H,4-5,18,20-22H2,1-3H3,(H,31,34)/t28-/m0/s1. The molecule has 0 fully saturated rings. The largest absolute Gasteiger partial charge is 0.497 e.